The first-order valence-electron chi connectivity index (χ1n) is 11.9. The van der Waals surface area contributed by atoms with Gasteiger partial charge in [-0.2, -0.15) is 0 Å². The largest absolute Gasteiger partial charge is 0.493 e. The normalized spacial score (nSPS) is 15.2. The molecule has 0 radical (unpaired) electrons. The Kier molecular flexibility index (Phi) is 11.2. The highest BCUT2D eigenvalue weighted by Crippen LogP contribution is 2.35. The van der Waals surface area contributed by atoms with Gasteiger partial charge in [-0.05, 0) is 46.8 Å². The van der Waals surface area contributed by atoms with Gasteiger partial charge in [0.15, 0.2) is 17.8 Å². The van der Waals surface area contributed by atoms with Crippen LogP contribution in [-0.2, 0) is 30.2 Å². The van der Waals surface area contributed by atoms with Crippen molar-refractivity contribution in [1.82, 2.24) is 4.90 Å². The standard InChI is InChI=1S/C26H26Br2N2O3S.C2H6/c1-30-14-20-3-4-34-26(20)9-22(30)13-29-23-10-25(24(32-2)8-21(23)15-31)33-16-19-6-17(11-27)5-18(7-19)12-28;1-2/h3-8,10,13,15,22H,9,11-12,14,16H2,1-2H3;1-2H3. The van der Waals surface area contributed by atoms with Crippen LogP contribution in [0.15, 0.2) is 46.8 Å². The number of thiophene rings is 1. The molecule has 0 saturated carbocycles. The van der Waals surface area contributed by atoms with E-state index < -0.39 is 0 Å². The molecule has 0 saturated heterocycles. The number of ether oxygens (including phenoxy) is 2. The predicted octanol–water partition coefficient (Wildman–Crippen LogP) is 7.72. The number of hydrogen-bond donors (Lipinski definition) is 0. The molecule has 2 aromatic carbocycles. The Bertz CT molecular complexity index is 1170. The Morgan fingerprint density at radius 3 is 2.42 bits per heavy atom. The van der Waals surface area contributed by atoms with Gasteiger partial charge in [0.25, 0.3) is 0 Å². The average Bonchev–Trinajstić information content (AvgIpc) is 3.38. The van der Waals surface area contributed by atoms with E-state index in [9.17, 15) is 4.79 Å². The number of nitrogens with zero attached hydrogens (tertiary/aromatic N) is 2. The molecule has 192 valence electrons. The van der Waals surface area contributed by atoms with Crippen LogP contribution in [0.1, 0.15) is 51.3 Å². The smallest absolute Gasteiger partial charge is 0.163 e. The average molecular weight is 636 g/mol. The molecule has 2 heterocycles. The molecule has 1 aliphatic heterocycles. The van der Waals surface area contributed by atoms with Gasteiger partial charge in [-0.3, -0.25) is 14.7 Å². The molecule has 0 bridgehead atoms. The van der Waals surface area contributed by atoms with Crippen molar-refractivity contribution >= 4 is 61.4 Å². The Labute approximate surface area is 234 Å². The van der Waals surface area contributed by atoms with Gasteiger partial charge >= 0.3 is 0 Å². The molecule has 1 aliphatic rings. The molecule has 0 fully saturated rings. The number of carbonyl (C=O) groups is 1. The maximum absolute atomic E-state index is 11.8. The van der Waals surface area contributed by atoms with E-state index in [2.05, 4.69) is 73.5 Å². The number of aldehydes is 1. The molecule has 4 rings (SSSR count). The number of methoxy groups -OCH3 is 1. The Morgan fingerprint density at radius 1 is 1.08 bits per heavy atom. The molecule has 3 aromatic rings. The maximum Gasteiger partial charge on any atom is 0.163 e. The molecule has 1 aromatic heterocycles. The number of aliphatic imine (C=N–C) groups is 1. The number of alkyl halides is 2. The lowest BCUT2D eigenvalue weighted by molar-refractivity contribution is 0.112. The number of likely N-dealkylation sites (N-methyl/N-ethyl adjacent to an activating group) is 1. The molecular weight excluding hydrogens is 604 g/mol. The van der Waals surface area contributed by atoms with Gasteiger partial charge in [0.2, 0.25) is 0 Å². The Hall–Kier alpha value is -2.00. The second-order valence-electron chi connectivity index (χ2n) is 8.23. The zero-order valence-corrected chi connectivity index (χ0v) is 25.1. The first-order chi connectivity index (χ1) is 17.5. The lowest BCUT2D eigenvalue weighted by Crippen LogP contribution is -2.37. The van der Waals surface area contributed by atoms with Crippen molar-refractivity contribution in [2.24, 2.45) is 4.99 Å². The Morgan fingerprint density at radius 2 is 1.78 bits per heavy atom. The summed E-state index contributed by atoms with van der Waals surface area (Å²) in [6.07, 6.45) is 3.66. The van der Waals surface area contributed by atoms with Crippen LogP contribution in [0.5, 0.6) is 11.5 Å². The predicted molar refractivity (Wildman–Crippen MR) is 157 cm³/mol. The molecule has 36 heavy (non-hydrogen) atoms. The minimum atomic E-state index is 0.173. The molecule has 1 atom stereocenters. The van der Waals surface area contributed by atoms with Crippen LogP contribution in [0, 0.1) is 0 Å². The fraction of sp³-hybridized carbons (Fsp3) is 0.357. The topological polar surface area (TPSA) is 51.1 Å². The number of carbonyl (C=O) groups excluding carboxylic acids is 1. The first kappa shape index (κ1) is 28.6. The van der Waals surface area contributed by atoms with Crippen LogP contribution in [0.3, 0.4) is 0 Å². The molecule has 5 nitrogen and oxygen atoms in total. The zero-order chi connectivity index (χ0) is 26.1. The van der Waals surface area contributed by atoms with Gasteiger partial charge < -0.3 is 9.47 Å². The van der Waals surface area contributed by atoms with Gasteiger partial charge in [-0.1, -0.05) is 63.9 Å². The van der Waals surface area contributed by atoms with Crippen molar-refractivity contribution in [1.29, 1.82) is 0 Å². The number of hydrogen-bond acceptors (Lipinski definition) is 6. The van der Waals surface area contributed by atoms with Gasteiger partial charge in [0.1, 0.15) is 6.61 Å². The molecule has 0 N–H and O–H groups in total. The molecule has 0 aliphatic carbocycles. The first-order valence-corrected chi connectivity index (χ1v) is 15.0. The molecule has 0 amide bonds. The minimum Gasteiger partial charge on any atom is -0.493 e. The minimum absolute atomic E-state index is 0.173. The van der Waals surface area contributed by atoms with Crippen LogP contribution in [0.4, 0.5) is 5.69 Å². The number of rotatable bonds is 9. The molecule has 1 unspecified atom stereocenters. The summed E-state index contributed by atoms with van der Waals surface area (Å²) in [6, 6.07) is 12.2. The summed E-state index contributed by atoms with van der Waals surface area (Å²) in [5.74, 6) is 1.07. The third-order valence-corrected chi connectivity index (χ3v) is 8.14. The van der Waals surface area contributed by atoms with E-state index in [0.717, 1.165) is 35.5 Å². The Balaban J connectivity index is 0.00000176. The summed E-state index contributed by atoms with van der Waals surface area (Å²) in [6.45, 7) is 5.28. The van der Waals surface area contributed by atoms with Crippen molar-refractivity contribution in [2.75, 3.05) is 14.2 Å². The van der Waals surface area contributed by atoms with Gasteiger partial charge in [-0.25, -0.2) is 0 Å². The summed E-state index contributed by atoms with van der Waals surface area (Å²) in [5.41, 5.74) is 5.88. The summed E-state index contributed by atoms with van der Waals surface area (Å²) < 4.78 is 11.7. The van der Waals surface area contributed by atoms with E-state index in [4.69, 9.17) is 14.5 Å². The fourth-order valence-electron chi connectivity index (χ4n) is 4.03. The van der Waals surface area contributed by atoms with E-state index in [1.807, 2.05) is 20.1 Å². The summed E-state index contributed by atoms with van der Waals surface area (Å²) in [4.78, 5) is 20.2. The monoisotopic (exact) mass is 634 g/mol. The number of fused-ring (bicyclic) bond motifs is 1. The molecule has 0 spiro atoms. The van der Waals surface area contributed by atoms with E-state index in [1.165, 1.54) is 21.6 Å². The third kappa shape index (κ3) is 7.06. The highest BCUT2D eigenvalue weighted by Gasteiger charge is 2.23. The van der Waals surface area contributed by atoms with E-state index >= 15 is 0 Å². The van der Waals surface area contributed by atoms with E-state index in [0.29, 0.717) is 29.4 Å². The van der Waals surface area contributed by atoms with Crippen molar-refractivity contribution in [3.05, 3.63) is 74.5 Å². The maximum atomic E-state index is 11.8. The molecular formula is C28H32Br2N2O3S. The fourth-order valence-corrected chi connectivity index (χ4v) is 5.63. The van der Waals surface area contributed by atoms with Crippen LogP contribution in [0.25, 0.3) is 0 Å². The highest BCUT2D eigenvalue weighted by atomic mass is 79.9. The SMILES string of the molecule is CC.COc1cc(C=O)c(N=CC2Cc3sccc3CN2C)cc1OCc1cc(CBr)cc(CBr)c1. The lowest BCUT2D eigenvalue weighted by Gasteiger charge is -2.29. The van der Waals surface area contributed by atoms with Crippen LogP contribution in [-0.4, -0.2) is 37.6 Å². The van der Waals surface area contributed by atoms with E-state index in [-0.39, 0.29) is 6.04 Å². The van der Waals surface area contributed by atoms with Gasteiger partial charge in [-0.15, -0.1) is 11.3 Å². The van der Waals surface area contributed by atoms with Crippen molar-refractivity contribution in [3.8, 4) is 11.5 Å². The van der Waals surface area contributed by atoms with E-state index in [1.54, 1.807) is 30.6 Å². The van der Waals surface area contributed by atoms with Gasteiger partial charge in [0, 0.05) is 52.4 Å². The summed E-state index contributed by atoms with van der Waals surface area (Å²) >= 11 is 8.86. The van der Waals surface area contributed by atoms with Gasteiger partial charge in [0.05, 0.1) is 12.8 Å². The second kappa shape index (κ2) is 14.1. The summed E-state index contributed by atoms with van der Waals surface area (Å²) in [5, 5.41) is 3.70. The quantitative estimate of drug-likeness (QED) is 0.137. The van der Waals surface area contributed by atoms with Crippen LogP contribution < -0.4 is 9.47 Å². The number of benzene rings is 2. The summed E-state index contributed by atoms with van der Waals surface area (Å²) in [7, 11) is 3.67. The van der Waals surface area contributed by atoms with Crippen molar-refractivity contribution in [2.45, 2.75) is 50.1 Å². The zero-order valence-electron chi connectivity index (χ0n) is 21.1. The number of halogens is 2. The van der Waals surface area contributed by atoms with Crippen molar-refractivity contribution < 1.29 is 14.3 Å². The van der Waals surface area contributed by atoms with Crippen molar-refractivity contribution in [3.63, 3.8) is 0 Å². The van der Waals surface area contributed by atoms with Crippen LogP contribution in [0.2, 0.25) is 0 Å². The molecule has 8 heteroatoms. The highest BCUT2D eigenvalue weighted by molar-refractivity contribution is 9.08. The van der Waals surface area contributed by atoms with Crippen LogP contribution >= 0.6 is 43.2 Å². The second-order valence-corrected chi connectivity index (χ2v) is 10.3. The third-order valence-electron chi connectivity index (χ3n) is 5.86. The lowest BCUT2D eigenvalue weighted by atomic mass is 10.0.